The van der Waals surface area contributed by atoms with E-state index < -0.39 is 0 Å². The van der Waals surface area contributed by atoms with Gasteiger partial charge in [-0.25, -0.2) is 0 Å². The zero-order chi connectivity index (χ0) is 13.1. The van der Waals surface area contributed by atoms with Crippen molar-refractivity contribution in [1.82, 2.24) is 4.98 Å². The highest BCUT2D eigenvalue weighted by Crippen LogP contribution is 2.31. The zero-order valence-corrected chi connectivity index (χ0v) is 11.9. The van der Waals surface area contributed by atoms with Gasteiger partial charge in [-0.15, -0.1) is 0 Å². The van der Waals surface area contributed by atoms with Crippen LogP contribution in [0.2, 0.25) is 10.0 Å². The molecule has 1 atom stereocenters. The van der Waals surface area contributed by atoms with Gasteiger partial charge in [-0.05, 0) is 35.7 Å². The zero-order valence-electron chi connectivity index (χ0n) is 10.4. The van der Waals surface area contributed by atoms with Gasteiger partial charge < -0.3 is 0 Å². The lowest BCUT2D eigenvalue weighted by molar-refractivity contribution is 0.552. The predicted molar refractivity (Wildman–Crippen MR) is 77.4 cm³/mol. The van der Waals surface area contributed by atoms with Gasteiger partial charge in [0.2, 0.25) is 0 Å². The summed E-state index contributed by atoms with van der Waals surface area (Å²) in [6.45, 7) is 4.38. The van der Waals surface area contributed by atoms with Crippen LogP contribution < -0.4 is 0 Å². The number of pyridine rings is 1. The van der Waals surface area contributed by atoms with E-state index in [0.29, 0.717) is 10.9 Å². The Morgan fingerprint density at radius 3 is 2.00 bits per heavy atom. The first-order valence-electron chi connectivity index (χ1n) is 5.95. The molecule has 1 nitrogen and oxygen atoms in total. The molecule has 0 aliphatic carbocycles. The molecule has 2 rings (SSSR count). The Hall–Kier alpha value is -1.05. The fourth-order valence-electron chi connectivity index (χ4n) is 2.14. The van der Waals surface area contributed by atoms with E-state index in [1.807, 2.05) is 24.3 Å². The first-order chi connectivity index (χ1) is 8.58. The molecule has 1 aromatic heterocycles. The van der Waals surface area contributed by atoms with E-state index in [9.17, 15) is 0 Å². The number of aromatic nitrogens is 1. The number of rotatable bonds is 3. The second-order valence-corrected chi connectivity index (χ2v) is 5.55. The van der Waals surface area contributed by atoms with E-state index in [2.05, 4.69) is 31.0 Å². The molecule has 0 bridgehead atoms. The van der Waals surface area contributed by atoms with Crippen LogP contribution in [0.3, 0.4) is 0 Å². The fraction of sp³-hybridized carbons (Fsp3) is 0.267. The number of nitrogens with zero attached hydrogens (tertiary/aromatic N) is 1. The van der Waals surface area contributed by atoms with E-state index >= 15 is 0 Å². The van der Waals surface area contributed by atoms with Crippen molar-refractivity contribution in [2.45, 2.75) is 19.8 Å². The molecule has 0 amide bonds. The lowest BCUT2D eigenvalue weighted by atomic mass is 9.85. The molecule has 0 aliphatic rings. The molecular formula is C15H15Cl2N. The third-order valence-corrected chi connectivity index (χ3v) is 3.44. The van der Waals surface area contributed by atoms with Crippen molar-refractivity contribution in [2.24, 2.45) is 5.92 Å². The van der Waals surface area contributed by atoms with Crippen molar-refractivity contribution >= 4 is 23.2 Å². The summed E-state index contributed by atoms with van der Waals surface area (Å²) < 4.78 is 0. The van der Waals surface area contributed by atoms with Crippen molar-refractivity contribution in [1.29, 1.82) is 0 Å². The molecule has 0 fully saturated rings. The molecule has 0 aliphatic heterocycles. The second-order valence-electron chi connectivity index (χ2n) is 4.67. The summed E-state index contributed by atoms with van der Waals surface area (Å²) >= 11 is 11.8. The highest BCUT2D eigenvalue weighted by molar-refractivity contribution is 6.30. The maximum atomic E-state index is 5.93. The quantitative estimate of drug-likeness (QED) is 0.755. The van der Waals surface area contributed by atoms with Gasteiger partial charge >= 0.3 is 0 Å². The van der Waals surface area contributed by atoms with E-state index in [0.717, 1.165) is 10.7 Å². The summed E-state index contributed by atoms with van der Waals surface area (Å²) in [6, 6.07) is 11.8. The molecule has 0 spiro atoms. The number of hydrogen-bond acceptors (Lipinski definition) is 1. The van der Waals surface area contributed by atoms with Gasteiger partial charge in [-0.1, -0.05) is 49.2 Å². The monoisotopic (exact) mass is 279 g/mol. The van der Waals surface area contributed by atoms with Crippen LogP contribution in [0, 0.1) is 5.92 Å². The fourth-order valence-corrected chi connectivity index (χ4v) is 2.38. The minimum absolute atomic E-state index is 0.263. The summed E-state index contributed by atoms with van der Waals surface area (Å²) in [4.78, 5) is 4.43. The summed E-state index contributed by atoms with van der Waals surface area (Å²) in [5.74, 6) is 0.722. The van der Waals surface area contributed by atoms with Gasteiger partial charge in [0.1, 0.15) is 0 Å². The summed E-state index contributed by atoms with van der Waals surface area (Å²) in [7, 11) is 0. The minimum Gasteiger partial charge on any atom is -0.259 e. The van der Waals surface area contributed by atoms with Gasteiger partial charge in [0.15, 0.2) is 0 Å². The molecule has 0 N–H and O–H groups in total. The van der Waals surface area contributed by atoms with Crippen LogP contribution in [-0.4, -0.2) is 4.98 Å². The lowest BCUT2D eigenvalue weighted by Gasteiger charge is -2.21. The molecule has 1 heterocycles. The molecule has 2 aromatic rings. The average molecular weight is 280 g/mol. The van der Waals surface area contributed by atoms with Crippen LogP contribution in [0.4, 0.5) is 0 Å². The lowest BCUT2D eigenvalue weighted by Crippen LogP contribution is -2.10. The summed E-state index contributed by atoms with van der Waals surface area (Å²) in [5.41, 5.74) is 2.26. The Labute approximate surface area is 118 Å². The van der Waals surface area contributed by atoms with E-state index in [1.165, 1.54) is 5.56 Å². The summed E-state index contributed by atoms with van der Waals surface area (Å²) in [5, 5.41) is 1.42. The van der Waals surface area contributed by atoms with Gasteiger partial charge in [0.25, 0.3) is 0 Å². The molecule has 18 heavy (non-hydrogen) atoms. The molecule has 0 radical (unpaired) electrons. The summed E-state index contributed by atoms with van der Waals surface area (Å²) in [6.07, 6.45) is 1.70. The first-order valence-corrected chi connectivity index (χ1v) is 6.70. The SMILES string of the molecule is CC(C)C(c1ccc(Cl)cc1)c1ccc(Cl)cn1. The molecule has 0 saturated heterocycles. The Balaban J connectivity index is 2.39. The third-order valence-electron chi connectivity index (χ3n) is 2.96. The predicted octanol–water partition coefficient (Wildman–Crippen LogP) is 5.18. The van der Waals surface area contributed by atoms with Gasteiger partial charge in [0, 0.05) is 22.8 Å². The number of hydrogen-bond donors (Lipinski definition) is 0. The Bertz CT molecular complexity index is 458. The average Bonchev–Trinajstić information content (AvgIpc) is 2.34. The smallest absolute Gasteiger partial charge is 0.0589 e. The van der Waals surface area contributed by atoms with Crippen molar-refractivity contribution in [3.63, 3.8) is 0 Å². The molecule has 0 saturated carbocycles. The van der Waals surface area contributed by atoms with Crippen molar-refractivity contribution in [3.05, 3.63) is 63.9 Å². The first kappa shape index (κ1) is 13.4. The number of benzene rings is 1. The highest BCUT2D eigenvalue weighted by Gasteiger charge is 2.19. The van der Waals surface area contributed by atoms with Gasteiger partial charge in [0.05, 0.1) is 5.02 Å². The van der Waals surface area contributed by atoms with Gasteiger partial charge in [-0.3, -0.25) is 4.98 Å². The van der Waals surface area contributed by atoms with E-state index in [4.69, 9.17) is 23.2 Å². The Morgan fingerprint density at radius 1 is 0.889 bits per heavy atom. The number of halogens is 2. The van der Waals surface area contributed by atoms with Crippen LogP contribution >= 0.6 is 23.2 Å². The maximum absolute atomic E-state index is 5.93. The standard InChI is InChI=1S/C15H15Cl2N/c1-10(2)15(11-3-5-12(16)6-4-11)14-8-7-13(17)9-18-14/h3-10,15H,1-2H3. The molecule has 1 aromatic carbocycles. The molecular weight excluding hydrogens is 265 g/mol. The normalized spacial score (nSPS) is 12.7. The van der Waals surface area contributed by atoms with Crippen LogP contribution in [-0.2, 0) is 0 Å². The largest absolute Gasteiger partial charge is 0.259 e. The molecule has 3 heteroatoms. The third kappa shape index (κ3) is 3.04. The molecule has 94 valence electrons. The molecule has 1 unspecified atom stereocenters. The van der Waals surface area contributed by atoms with Crippen molar-refractivity contribution in [2.75, 3.05) is 0 Å². The van der Waals surface area contributed by atoms with Crippen molar-refractivity contribution in [3.8, 4) is 0 Å². The maximum Gasteiger partial charge on any atom is 0.0589 e. The minimum atomic E-state index is 0.263. The van der Waals surface area contributed by atoms with Crippen LogP contribution in [0.5, 0.6) is 0 Å². The van der Waals surface area contributed by atoms with E-state index in [1.54, 1.807) is 6.20 Å². The van der Waals surface area contributed by atoms with E-state index in [-0.39, 0.29) is 5.92 Å². The van der Waals surface area contributed by atoms with Gasteiger partial charge in [-0.2, -0.15) is 0 Å². The van der Waals surface area contributed by atoms with Crippen LogP contribution in [0.1, 0.15) is 31.0 Å². The van der Waals surface area contributed by atoms with Crippen molar-refractivity contribution < 1.29 is 0 Å². The Kier molecular flexibility index (Phi) is 4.26. The Morgan fingerprint density at radius 2 is 1.50 bits per heavy atom. The van der Waals surface area contributed by atoms with Crippen LogP contribution in [0.25, 0.3) is 0 Å². The topological polar surface area (TPSA) is 12.9 Å². The van der Waals surface area contributed by atoms with Crippen LogP contribution in [0.15, 0.2) is 42.6 Å². The second kappa shape index (κ2) is 5.73. The highest BCUT2D eigenvalue weighted by atomic mass is 35.5.